The first kappa shape index (κ1) is 14.8. The van der Waals surface area contributed by atoms with Crippen LogP contribution >= 0.6 is 22.6 Å². The number of hydrogen-bond donors (Lipinski definition) is 1. The summed E-state index contributed by atoms with van der Waals surface area (Å²) in [6.07, 6.45) is 5.48. The van der Waals surface area contributed by atoms with E-state index in [1.807, 2.05) is 0 Å². The molecule has 0 spiro atoms. The van der Waals surface area contributed by atoms with Crippen molar-refractivity contribution in [1.82, 2.24) is 9.80 Å². The lowest BCUT2D eigenvalue weighted by molar-refractivity contribution is 0.122. The molecule has 0 aromatic heterocycles. The number of hydrogen-bond acceptors (Lipinski definition) is 1. The van der Waals surface area contributed by atoms with Gasteiger partial charge in [0.15, 0.2) is 0 Å². The molecule has 0 bridgehead atoms. The summed E-state index contributed by atoms with van der Waals surface area (Å²) in [6, 6.07) is 10.1. The van der Waals surface area contributed by atoms with Gasteiger partial charge in [0.2, 0.25) is 0 Å². The van der Waals surface area contributed by atoms with Crippen LogP contribution in [-0.4, -0.2) is 32.2 Å². The molecule has 0 radical (unpaired) electrons. The van der Waals surface area contributed by atoms with Crippen LogP contribution in [0.3, 0.4) is 0 Å². The van der Waals surface area contributed by atoms with Crippen LogP contribution in [0.1, 0.15) is 32.6 Å². The van der Waals surface area contributed by atoms with Crippen molar-refractivity contribution < 1.29 is 0 Å². The number of benzene rings is 1. The van der Waals surface area contributed by atoms with Gasteiger partial charge < -0.3 is 5.32 Å². The zero-order valence-electron chi connectivity index (χ0n) is 12.4. The molecule has 1 aromatic rings. The molecule has 2 aliphatic rings. The van der Waals surface area contributed by atoms with Crippen molar-refractivity contribution in [3.05, 3.63) is 27.8 Å². The van der Waals surface area contributed by atoms with Gasteiger partial charge in [0, 0.05) is 28.7 Å². The SMILES string of the molecule is CC1CC[N+](c2ccc(I)cc2)(C2CCCNC2)CC1. The molecular formula is C17H26IN2+. The fourth-order valence-corrected chi connectivity index (χ4v) is 4.34. The summed E-state index contributed by atoms with van der Waals surface area (Å²) in [6.45, 7) is 7.48. The average molecular weight is 385 g/mol. The van der Waals surface area contributed by atoms with Gasteiger partial charge in [-0.1, -0.05) is 6.92 Å². The van der Waals surface area contributed by atoms with E-state index >= 15 is 0 Å². The van der Waals surface area contributed by atoms with Crippen LogP contribution in [0.5, 0.6) is 0 Å². The maximum atomic E-state index is 3.63. The Morgan fingerprint density at radius 1 is 1.10 bits per heavy atom. The van der Waals surface area contributed by atoms with E-state index < -0.39 is 0 Å². The van der Waals surface area contributed by atoms with Crippen molar-refractivity contribution >= 4 is 28.3 Å². The molecule has 2 nitrogen and oxygen atoms in total. The van der Waals surface area contributed by atoms with Crippen LogP contribution in [0.15, 0.2) is 24.3 Å². The molecule has 3 rings (SSSR count). The van der Waals surface area contributed by atoms with Crippen LogP contribution < -0.4 is 9.80 Å². The van der Waals surface area contributed by atoms with E-state index in [1.54, 1.807) is 5.69 Å². The van der Waals surface area contributed by atoms with Gasteiger partial charge in [-0.3, -0.25) is 4.48 Å². The van der Waals surface area contributed by atoms with Crippen LogP contribution in [-0.2, 0) is 0 Å². The van der Waals surface area contributed by atoms with Gasteiger partial charge in [-0.25, -0.2) is 0 Å². The lowest BCUT2D eigenvalue weighted by Crippen LogP contribution is -2.64. The highest BCUT2D eigenvalue weighted by Crippen LogP contribution is 2.35. The number of nitrogens with zero attached hydrogens (tertiary/aromatic N) is 1. The first-order valence-electron chi connectivity index (χ1n) is 8.04. The standard InChI is InChI=1S/C17H26IN2/c1-14-8-11-20(12-9-14,17-3-2-10-19-13-17)16-6-4-15(18)5-7-16/h4-7,14,17,19H,2-3,8-13H2,1H3/q+1. The number of halogens is 1. The topological polar surface area (TPSA) is 12.0 Å². The molecule has 1 atom stereocenters. The van der Waals surface area contributed by atoms with E-state index in [2.05, 4.69) is 59.1 Å². The molecule has 1 N–H and O–H groups in total. The molecule has 0 amide bonds. The van der Waals surface area contributed by atoms with Crippen molar-refractivity contribution in [3.63, 3.8) is 0 Å². The van der Waals surface area contributed by atoms with E-state index in [4.69, 9.17) is 0 Å². The van der Waals surface area contributed by atoms with E-state index in [1.165, 1.54) is 59.9 Å². The quantitative estimate of drug-likeness (QED) is 0.604. The third-order valence-electron chi connectivity index (χ3n) is 5.35. The Labute approximate surface area is 136 Å². The fourth-order valence-electron chi connectivity index (χ4n) is 3.99. The average Bonchev–Trinajstić information content (AvgIpc) is 2.50. The van der Waals surface area contributed by atoms with Gasteiger partial charge in [0.1, 0.15) is 11.7 Å². The molecule has 20 heavy (non-hydrogen) atoms. The first-order chi connectivity index (χ1) is 9.71. The maximum Gasteiger partial charge on any atom is 0.133 e. The Kier molecular flexibility index (Phi) is 4.68. The van der Waals surface area contributed by atoms with Gasteiger partial charge in [-0.05, 0) is 66.4 Å². The third-order valence-corrected chi connectivity index (χ3v) is 6.07. The second-order valence-electron chi connectivity index (χ2n) is 6.64. The first-order valence-corrected chi connectivity index (χ1v) is 9.12. The van der Waals surface area contributed by atoms with Crippen molar-refractivity contribution in [3.8, 4) is 0 Å². The molecule has 1 unspecified atom stereocenters. The van der Waals surface area contributed by atoms with E-state index in [9.17, 15) is 0 Å². The summed E-state index contributed by atoms with van der Waals surface area (Å²) in [5, 5.41) is 3.63. The zero-order chi connectivity index (χ0) is 14.0. The van der Waals surface area contributed by atoms with E-state index in [0.717, 1.165) is 12.0 Å². The Morgan fingerprint density at radius 2 is 1.80 bits per heavy atom. The van der Waals surface area contributed by atoms with Gasteiger partial charge >= 0.3 is 0 Å². The maximum absolute atomic E-state index is 3.63. The second kappa shape index (κ2) is 6.32. The molecule has 0 saturated carbocycles. The molecule has 3 heteroatoms. The Hall–Kier alpha value is -0.130. The minimum atomic E-state index is 0.774. The second-order valence-corrected chi connectivity index (χ2v) is 7.89. The van der Waals surface area contributed by atoms with Crippen molar-refractivity contribution in [1.29, 1.82) is 0 Å². The smallest absolute Gasteiger partial charge is 0.133 e. The number of quaternary nitrogens is 1. The Balaban J connectivity index is 1.92. The summed E-state index contributed by atoms with van der Waals surface area (Å²) in [5.74, 6) is 0.904. The van der Waals surface area contributed by atoms with Crippen molar-refractivity contribution in [2.24, 2.45) is 5.92 Å². The van der Waals surface area contributed by atoms with Gasteiger partial charge in [0.25, 0.3) is 0 Å². The Morgan fingerprint density at radius 3 is 2.40 bits per heavy atom. The molecule has 2 aliphatic heterocycles. The molecule has 1 aromatic carbocycles. The minimum absolute atomic E-state index is 0.774. The zero-order valence-corrected chi connectivity index (χ0v) is 14.6. The van der Waals surface area contributed by atoms with Gasteiger partial charge in [0.05, 0.1) is 13.1 Å². The highest BCUT2D eigenvalue weighted by Gasteiger charge is 2.42. The lowest BCUT2D eigenvalue weighted by Gasteiger charge is -2.49. The predicted molar refractivity (Wildman–Crippen MR) is 95.0 cm³/mol. The van der Waals surface area contributed by atoms with Crippen molar-refractivity contribution in [2.75, 3.05) is 26.2 Å². The summed E-state index contributed by atoms with van der Waals surface area (Å²) < 4.78 is 2.57. The highest BCUT2D eigenvalue weighted by atomic mass is 127. The van der Waals surface area contributed by atoms with E-state index in [-0.39, 0.29) is 0 Å². The molecular weight excluding hydrogens is 359 g/mol. The summed E-state index contributed by atoms with van der Waals surface area (Å²) in [5.41, 5.74) is 1.55. The summed E-state index contributed by atoms with van der Waals surface area (Å²) >= 11 is 2.41. The van der Waals surface area contributed by atoms with Crippen LogP contribution in [0.2, 0.25) is 0 Å². The third kappa shape index (κ3) is 2.90. The number of likely N-dealkylation sites (tertiary alicyclic amines) is 1. The molecule has 2 saturated heterocycles. The van der Waals surface area contributed by atoms with Gasteiger partial charge in [-0.2, -0.15) is 0 Å². The van der Waals surface area contributed by atoms with Crippen LogP contribution in [0.4, 0.5) is 5.69 Å². The molecule has 2 heterocycles. The summed E-state index contributed by atoms with van der Waals surface area (Å²) in [4.78, 5) is 0. The van der Waals surface area contributed by atoms with Crippen LogP contribution in [0, 0.1) is 9.49 Å². The molecule has 2 fully saturated rings. The Bertz CT molecular complexity index is 429. The summed E-state index contributed by atoms with van der Waals surface area (Å²) in [7, 11) is 0. The molecule has 110 valence electrons. The van der Waals surface area contributed by atoms with Crippen LogP contribution in [0.25, 0.3) is 0 Å². The largest absolute Gasteiger partial charge is 0.311 e. The number of rotatable bonds is 2. The van der Waals surface area contributed by atoms with E-state index in [0.29, 0.717) is 0 Å². The lowest BCUT2D eigenvalue weighted by atomic mass is 9.91. The van der Waals surface area contributed by atoms with Gasteiger partial charge in [-0.15, -0.1) is 0 Å². The monoisotopic (exact) mass is 385 g/mol. The fraction of sp³-hybridized carbons (Fsp3) is 0.647. The number of nitrogens with one attached hydrogen (secondary N) is 1. The molecule has 0 aliphatic carbocycles. The highest BCUT2D eigenvalue weighted by molar-refractivity contribution is 14.1. The van der Waals surface area contributed by atoms with Crippen molar-refractivity contribution in [2.45, 2.75) is 38.6 Å². The normalized spacial score (nSPS) is 34.9. The number of piperidine rings is 2. The minimum Gasteiger partial charge on any atom is -0.311 e. The predicted octanol–water partition coefficient (Wildman–Crippen LogP) is 3.78.